The number of hydrogen-bond acceptors (Lipinski definition) is 3. The first-order chi connectivity index (χ1) is 11.2. The molecule has 2 amide bonds. The van der Waals surface area contributed by atoms with Crippen molar-refractivity contribution >= 4 is 39.1 Å². The minimum absolute atomic E-state index is 0.00483. The highest BCUT2D eigenvalue weighted by Gasteiger charge is 2.52. The first-order valence-corrected chi connectivity index (χ1v) is 8.95. The summed E-state index contributed by atoms with van der Waals surface area (Å²) in [7, 11) is 0. The lowest BCUT2D eigenvalue weighted by atomic mass is 9.64. The summed E-state index contributed by atoms with van der Waals surface area (Å²) in [5, 5.41) is 7.13. The molecule has 2 aliphatic rings. The number of rotatable bonds is 3. The third-order valence-electron chi connectivity index (χ3n) is 4.62. The highest BCUT2D eigenvalue weighted by Crippen LogP contribution is 2.53. The van der Waals surface area contributed by atoms with Gasteiger partial charge in [0, 0.05) is 18.0 Å². The van der Waals surface area contributed by atoms with Crippen LogP contribution < -0.4 is 10.7 Å². The number of amides is 2. The van der Waals surface area contributed by atoms with E-state index >= 15 is 0 Å². The molecule has 24 heavy (non-hydrogen) atoms. The van der Waals surface area contributed by atoms with Gasteiger partial charge in [0.1, 0.15) is 4.32 Å². The van der Waals surface area contributed by atoms with Crippen LogP contribution in [0.15, 0.2) is 29.4 Å². The molecule has 1 fully saturated rings. The largest absolute Gasteiger partial charge is 0.325 e. The number of halogens is 1. The Kier molecular flexibility index (Phi) is 4.28. The zero-order chi connectivity index (χ0) is 17.5. The minimum atomic E-state index is -0.457. The van der Waals surface area contributed by atoms with E-state index < -0.39 is 4.32 Å². The number of hydrazone groups is 1. The monoisotopic (exact) mass is 391 g/mol. The lowest BCUT2D eigenvalue weighted by Gasteiger charge is -2.48. The minimum Gasteiger partial charge on any atom is -0.325 e. The van der Waals surface area contributed by atoms with Crippen LogP contribution in [0, 0.1) is 11.3 Å². The van der Waals surface area contributed by atoms with Crippen molar-refractivity contribution in [3.63, 3.8) is 0 Å². The van der Waals surface area contributed by atoms with Gasteiger partial charge in [-0.25, -0.2) is 5.43 Å². The van der Waals surface area contributed by atoms with Crippen molar-refractivity contribution < 1.29 is 9.59 Å². The van der Waals surface area contributed by atoms with Crippen LogP contribution in [0.4, 0.5) is 5.69 Å². The SMILES string of the molecule is CC1CC(=O)NN=C1c1ccc(NC(=O)C2(Br)CC(C)(C)C2)cc1. The van der Waals surface area contributed by atoms with Gasteiger partial charge in [0.2, 0.25) is 11.8 Å². The molecule has 0 aromatic heterocycles. The number of alkyl halides is 1. The van der Waals surface area contributed by atoms with E-state index in [1.165, 1.54) is 0 Å². The molecule has 0 radical (unpaired) electrons. The zero-order valence-electron chi connectivity index (χ0n) is 14.1. The Balaban J connectivity index is 1.67. The van der Waals surface area contributed by atoms with Gasteiger partial charge in [0.05, 0.1) is 5.71 Å². The second-order valence-electron chi connectivity index (χ2n) is 7.65. The molecule has 6 heteroatoms. The van der Waals surface area contributed by atoms with E-state index in [-0.39, 0.29) is 23.1 Å². The lowest BCUT2D eigenvalue weighted by molar-refractivity contribution is -0.123. The van der Waals surface area contributed by atoms with Gasteiger partial charge in [-0.3, -0.25) is 9.59 Å². The van der Waals surface area contributed by atoms with Crippen LogP contribution in [0.3, 0.4) is 0 Å². The number of nitrogens with zero attached hydrogens (tertiary/aromatic N) is 1. The molecule has 0 spiro atoms. The second kappa shape index (κ2) is 5.99. The molecule has 2 N–H and O–H groups in total. The molecule has 1 saturated carbocycles. The first-order valence-electron chi connectivity index (χ1n) is 8.16. The average molecular weight is 392 g/mol. The molecule has 1 heterocycles. The lowest BCUT2D eigenvalue weighted by Crippen LogP contribution is -2.52. The Morgan fingerprint density at radius 3 is 2.46 bits per heavy atom. The average Bonchev–Trinajstić information content (AvgIpc) is 2.46. The number of hydrogen-bond donors (Lipinski definition) is 2. The Morgan fingerprint density at radius 2 is 1.92 bits per heavy atom. The van der Waals surface area contributed by atoms with Crippen molar-refractivity contribution in [3.05, 3.63) is 29.8 Å². The van der Waals surface area contributed by atoms with Gasteiger partial charge in [0.15, 0.2) is 0 Å². The third kappa shape index (κ3) is 3.38. The van der Waals surface area contributed by atoms with Crippen molar-refractivity contribution in [1.82, 2.24) is 5.43 Å². The summed E-state index contributed by atoms with van der Waals surface area (Å²) in [4.78, 5) is 23.8. The second-order valence-corrected chi connectivity index (χ2v) is 9.17. The van der Waals surface area contributed by atoms with Crippen LogP contribution in [-0.2, 0) is 9.59 Å². The van der Waals surface area contributed by atoms with Crippen LogP contribution in [0.2, 0.25) is 0 Å². The van der Waals surface area contributed by atoms with Gasteiger partial charge in [0.25, 0.3) is 0 Å². The fraction of sp³-hybridized carbons (Fsp3) is 0.500. The highest BCUT2D eigenvalue weighted by molar-refractivity contribution is 9.10. The Morgan fingerprint density at radius 1 is 1.29 bits per heavy atom. The van der Waals surface area contributed by atoms with Crippen LogP contribution in [-0.4, -0.2) is 21.9 Å². The Bertz CT molecular complexity index is 701. The molecule has 1 aromatic rings. The summed E-state index contributed by atoms with van der Waals surface area (Å²) in [6, 6.07) is 7.60. The van der Waals surface area contributed by atoms with Gasteiger partial charge in [-0.1, -0.05) is 48.8 Å². The number of nitrogens with one attached hydrogen (secondary N) is 2. The van der Waals surface area contributed by atoms with Gasteiger partial charge in [-0.15, -0.1) is 0 Å². The van der Waals surface area contributed by atoms with Crippen LogP contribution in [0.25, 0.3) is 0 Å². The van der Waals surface area contributed by atoms with Crippen molar-refractivity contribution in [1.29, 1.82) is 0 Å². The Labute approximate surface area is 150 Å². The van der Waals surface area contributed by atoms with E-state index in [9.17, 15) is 9.59 Å². The van der Waals surface area contributed by atoms with Gasteiger partial charge >= 0.3 is 0 Å². The van der Waals surface area contributed by atoms with Gasteiger partial charge in [-0.2, -0.15) is 5.10 Å². The fourth-order valence-electron chi connectivity index (χ4n) is 3.60. The van der Waals surface area contributed by atoms with Crippen LogP contribution >= 0.6 is 15.9 Å². The van der Waals surface area contributed by atoms with Gasteiger partial charge < -0.3 is 5.32 Å². The van der Waals surface area contributed by atoms with Crippen molar-refractivity contribution in [2.45, 2.75) is 44.4 Å². The number of carbonyl (C=O) groups excluding carboxylic acids is 2. The number of anilines is 1. The summed E-state index contributed by atoms with van der Waals surface area (Å²) >= 11 is 3.59. The quantitative estimate of drug-likeness (QED) is 0.774. The maximum Gasteiger partial charge on any atom is 0.241 e. The maximum absolute atomic E-state index is 12.4. The molecule has 5 nitrogen and oxygen atoms in total. The summed E-state index contributed by atoms with van der Waals surface area (Å²) < 4.78 is -0.457. The molecule has 128 valence electrons. The third-order valence-corrected chi connectivity index (χ3v) is 5.54. The molecular formula is C18H22BrN3O2. The van der Waals surface area contributed by atoms with E-state index in [2.05, 4.69) is 45.6 Å². The molecule has 1 unspecified atom stereocenters. The zero-order valence-corrected chi connectivity index (χ0v) is 15.7. The van der Waals surface area contributed by atoms with E-state index in [0.717, 1.165) is 29.8 Å². The summed E-state index contributed by atoms with van der Waals surface area (Å²) in [6.07, 6.45) is 2.11. The molecule has 0 saturated heterocycles. The summed E-state index contributed by atoms with van der Waals surface area (Å²) in [5.41, 5.74) is 5.32. The number of benzene rings is 1. The molecule has 1 aromatic carbocycles. The molecule has 0 bridgehead atoms. The van der Waals surface area contributed by atoms with Crippen LogP contribution in [0.5, 0.6) is 0 Å². The van der Waals surface area contributed by atoms with Crippen molar-refractivity contribution in [3.8, 4) is 0 Å². The Hall–Kier alpha value is -1.69. The highest BCUT2D eigenvalue weighted by atomic mass is 79.9. The number of carbonyl (C=O) groups is 2. The fourth-order valence-corrected chi connectivity index (χ4v) is 5.21. The molecule has 1 atom stereocenters. The maximum atomic E-state index is 12.4. The molecule has 1 aliphatic carbocycles. The van der Waals surface area contributed by atoms with E-state index in [1.807, 2.05) is 31.2 Å². The first kappa shape index (κ1) is 17.1. The predicted octanol–water partition coefficient (Wildman–Crippen LogP) is 3.44. The normalized spacial score (nSPS) is 24.4. The van der Waals surface area contributed by atoms with E-state index in [1.54, 1.807) is 0 Å². The summed E-state index contributed by atoms with van der Waals surface area (Å²) in [6.45, 7) is 6.32. The standard InChI is InChI=1S/C18H22BrN3O2/c1-11-8-14(23)21-22-15(11)12-4-6-13(7-5-12)20-16(24)18(19)9-17(2,3)10-18/h4-7,11H,8-10H2,1-3H3,(H,20,24)(H,21,23). The van der Waals surface area contributed by atoms with Crippen molar-refractivity contribution in [2.75, 3.05) is 5.32 Å². The predicted molar refractivity (Wildman–Crippen MR) is 98.2 cm³/mol. The van der Waals surface area contributed by atoms with E-state index in [0.29, 0.717) is 6.42 Å². The topological polar surface area (TPSA) is 70.6 Å². The summed E-state index contributed by atoms with van der Waals surface area (Å²) in [5.74, 6) is 0.0357. The molecular weight excluding hydrogens is 370 g/mol. The van der Waals surface area contributed by atoms with Gasteiger partial charge in [-0.05, 0) is 36.0 Å². The van der Waals surface area contributed by atoms with Crippen LogP contribution in [0.1, 0.15) is 45.6 Å². The van der Waals surface area contributed by atoms with Crippen molar-refractivity contribution in [2.24, 2.45) is 16.4 Å². The molecule has 3 rings (SSSR count). The molecule has 1 aliphatic heterocycles. The van der Waals surface area contributed by atoms with E-state index in [4.69, 9.17) is 0 Å². The smallest absolute Gasteiger partial charge is 0.241 e.